The average Bonchev–Trinajstić information content (AvgIpc) is 1.88. The molecule has 2 nitrogen and oxygen atoms in total. The molecule has 0 aliphatic heterocycles. The predicted octanol–water partition coefficient (Wildman–Crippen LogP) is 1.02. The van der Waals surface area contributed by atoms with Gasteiger partial charge < -0.3 is 9.84 Å². The molecule has 1 radical (unpaired) electrons. The Balaban J connectivity index is 0.000000810. The standard InChI is InChI=1S/C7H8O2.Na/c1-9-7-4-2-3-6(8)5-7;/h2-5,8H,1H3;. The summed E-state index contributed by atoms with van der Waals surface area (Å²) in [6, 6.07) is 6.66. The van der Waals surface area contributed by atoms with E-state index in [4.69, 9.17) is 9.84 Å². The molecule has 3 heteroatoms. The van der Waals surface area contributed by atoms with Crippen molar-refractivity contribution in [3.8, 4) is 11.5 Å². The summed E-state index contributed by atoms with van der Waals surface area (Å²) in [6.07, 6.45) is 0. The molecule has 49 valence electrons. The maximum absolute atomic E-state index is 8.86. The number of hydrogen-bond acceptors (Lipinski definition) is 2. The molecule has 0 saturated carbocycles. The molecule has 0 bridgehead atoms. The summed E-state index contributed by atoms with van der Waals surface area (Å²) in [5.41, 5.74) is 0. The van der Waals surface area contributed by atoms with Crippen LogP contribution in [0.5, 0.6) is 11.5 Å². The number of hydrogen-bond donors (Lipinski definition) is 1. The van der Waals surface area contributed by atoms with Gasteiger partial charge in [-0.3, -0.25) is 0 Å². The van der Waals surface area contributed by atoms with E-state index in [0.29, 0.717) is 5.75 Å². The molecular formula is C7H8NaO2. The van der Waals surface area contributed by atoms with Crippen molar-refractivity contribution in [2.75, 3.05) is 7.11 Å². The van der Waals surface area contributed by atoms with Gasteiger partial charge in [0.2, 0.25) is 0 Å². The number of ether oxygens (including phenoxy) is 1. The molecule has 10 heavy (non-hydrogen) atoms. The van der Waals surface area contributed by atoms with Crippen molar-refractivity contribution in [2.24, 2.45) is 0 Å². The van der Waals surface area contributed by atoms with Crippen LogP contribution < -0.4 is 4.74 Å². The zero-order chi connectivity index (χ0) is 6.69. The molecule has 0 fully saturated rings. The maximum atomic E-state index is 8.86. The van der Waals surface area contributed by atoms with Crippen molar-refractivity contribution in [3.63, 3.8) is 0 Å². The average molecular weight is 147 g/mol. The minimum atomic E-state index is 0. The van der Waals surface area contributed by atoms with E-state index < -0.39 is 0 Å². The molecule has 1 rings (SSSR count). The Morgan fingerprint density at radius 3 is 2.50 bits per heavy atom. The van der Waals surface area contributed by atoms with Gasteiger partial charge in [0, 0.05) is 35.6 Å². The molecule has 0 unspecified atom stereocenters. The predicted molar refractivity (Wildman–Crippen MR) is 40.4 cm³/mol. The van der Waals surface area contributed by atoms with Crippen LogP contribution >= 0.6 is 0 Å². The molecule has 0 aliphatic rings. The van der Waals surface area contributed by atoms with Crippen LogP contribution in [0.4, 0.5) is 0 Å². The zero-order valence-electron chi connectivity index (χ0n) is 6.16. The summed E-state index contributed by atoms with van der Waals surface area (Å²) in [6.45, 7) is 0. The van der Waals surface area contributed by atoms with E-state index in [1.807, 2.05) is 0 Å². The Labute approximate surface area is 82.1 Å². The number of methoxy groups -OCH3 is 1. The molecule has 0 amide bonds. The monoisotopic (exact) mass is 147 g/mol. The van der Waals surface area contributed by atoms with Gasteiger partial charge in [0.25, 0.3) is 0 Å². The Hall–Kier alpha value is -0.180. The SMILES string of the molecule is COc1cccc(O)c1.[Na]. The van der Waals surface area contributed by atoms with Gasteiger partial charge in [0.15, 0.2) is 0 Å². The summed E-state index contributed by atoms with van der Waals surface area (Å²) >= 11 is 0. The molecule has 0 spiro atoms. The van der Waals surface area contributed by atoms with Gasteiger partial charge >= 0.3 is 0 Å². The number of aromatic hydroxyl groups is 1. The fourth-order valence-electron chi connectivity index (χ4n) is 0.610. The first-order chi connectivity index (χ1) is 4.33. The summed E-state index contributed by atoms with van der Waals surface area (Å²) in [5.74, 6) is 0.907. The molecule has 0 atom stereocenters. The van der Waals surface area contributed by atoms with Crippen LogP contribution in [0.3, 0.4) is 0 Å². The number of phenolic OH excluding ortho intramolecular Hbond substituents is 1. The molecular weight excluding hydrogens is 139 g/mol. The van der Waals surface area contributed by atoms with E-state index in [0.717, 1.165) is 0 Å². The topological polar surface area (TPSA) is 29.5 Å². The summed E-state index contributed by atoms with van der Waals surface area (Å²) in [4.78, 5) is 0. The normalized spacial score (nSPS) is 8.10. The summed E-state index contributed by atoms with van der Waals surface area (Å²) in [7, 11) is 1.56. The Morgan fingerprint density at radius 2 is 2.10 bits per heavy atom. The summed E-state index contributed by atoms with van der Waals surface area (Å²) in [5, 5.41) is 8.86. The van der Waals surface area contributed by atoms with E-state index in [-0.39, 0.29) is 35.3 Å². The van der Waals surface area contributed by atoms with E-state index in [2.05, 4.69) is 0 Å². The first-order valence-corrected chi connectivity index (χ1v) is 2.66. The largest absolute Gasteiger partial charge is 0.508 e. The van der Waals surface area contributed by atoms with Gasteiger partial charge in [-0.25, -0.2) is 0 Å². The first kappa shape index (κ1) is 9.82. The number of rotatable bonds is 1. The minimum absolute atomic E-state index is 0. The molecule has 1 N–H and O–H groups in total. The van der Waals surface area contributed by atoms with Crippen molar-refractivity contribution >= 4 is 29.6 Å². The van der Waals surface area contributed by atoms with Crippen LogP contribution in [0.15, 0.2) is 24.3 Å². The van der Waals surface area contributed by atoms with Crippen molar-refractivity contribution in [3.05, 3.63) is 24.3 Å². The van der Waals surface area contributed by atoms with Crippen molar-refractivity contribution in [1.82, 2.24) is 0 Å². The Kier molecular flexibility index (Phi) is 4.52. The molecule has 0 saturated heterocycles. The van der Waals surface area contributed by atoms with Gasteiger partial charge in [0.1, 0.15) is 11.5 Å². The van der Waals surface area contributed by atoms with E-state index in [9.17, 15) is 0 Å². The van der Waals surface area contributed by atoms with Crippen LogP contribution in [-0.2, 0) is 0 Å². The van der Waals surface area contributed by atoms with Gasteiger partial charge in [0.05, 0.1) is 7.11 Å². The maximum Gasteiger partial charge on any atom is 0.122 e. The smallest absolute Gasteiger partial charge is 0.122 e. The quantitative estimate of drug-likeness (QED) is 0.601. The van der Waals surface area contributed by atoms with E-state index in [1.54, 1.807) is 31.4 Å². The van der Waals surface area contributed by atoms with Crippen LogP contribution in [0.2, 0.25) is 0 Å². The van der Waals surface area contributed by atoms with Gasteiger partial charge in [-0.15, -0.1) is 0 Å². The third kappa shape index (κ3) is 2.60. The van der Waals surface area contributed by atoms with Gasteiger partial charge in [-0.1, -0.05) is 6.07 Å². The van der Waals surface area contributed by atoms with Crippen molar-refractivity contribution < 1.29 is 9.84 Å². The number of phenols is 1. The summed E-state index contributed by atoms with van der Waals surface area (Å²) < 4.78 is 4.84. The minimum Gasteiger partial charge on any atom is -0.508 e. The van der Waals surface area contributed by atoms with Crippen LogP contribution in [0, 0.1) is 0 Å². The van der Waals surface area contributed by atoms with Gasteiger partial charge in [-0.05, 0) is 12.1 Å². The van der Waals surface area contributed by atoms with Crippen molar-refractivity contribution in [1.29, 1.82) is 0 Å². The van der Waals surface area contributed by atoms with E-state index in [1.165, 1.54) is 0 Å². The van der Waals surface area contributed by atoms with E-state index >= 15 is 0 Å². The fraction of sp³-hybridized carbons (Fsp3) is 0.143. The third-order valence-electron chi connectivity index (χ3n) is 1.05. The van der Waals surface area contributed by atoms with Crippen LogP contribution in [-0.4, -0.2) is 41.8 Å². The van der Waals surface area contributed by atoms with Crippen molar-refractivity contribution in [2.45, 2.75) is 0 Å². The fourth-order valence-corrected chi connectivity index (χ4v) is 0.610. The molecule has 0 aliphatic carbocycles. The first-order valence-electron chi connectivity index (χ1n) is 2.66. The third-order valence-corrected chi connectivity index (χ3v) is 1.05. The molecule has 1 aromatic carbocycles. The van der Waals surface area contributed by atoms with Gasteiger partial charge in [-0.2, -0.15) is 0 Å². The Morgan fingerprint density at radius 1 is 1.40 bits per heavy atom. The second-order valence-electron chi connectivity index (χ2n) is 1.70. The Bertz CT molecular complexity index is 201. The van der Waals surface area contributed by atoms with Crippen LogP contribution in [0.25, 0.3) is 0 Å². The molecule has 0 heterocycles. The van der Waals surface area contributed by atoms with Crippen LogP contribution in [0.1, 0.15) is 0 Å². The molecule has 1 aromatic rings. The number of benzene rings is 1. The second kappa shape index (κ2) is 4.61. The zero-order valence-corrected chi connectivity index (χ0v) is 8.16. The molecule has 0 aromatic heterocycles. The second-order valence-corrected chi connectivity index (χ2v) is 1.70.